The van der Waals surface area contributed by atoms with E-state index in [0.29, 0.717) is 0 Å². The number of esters is 1. The number of carbonyl (C=O) groups is 3. The van der Waals surface area contributed by atoms with Crippen molar-refractivity contribution in [3.8, 4) is 0 Å². The Morgan fingerprint density at radius 3 is 2.40 bits per heavy atom. The van der Waals surface area contributed by atoms with Gasteiger partial charge in [-0.05, 0) is 6.92 Å². The van der Waals surface area contributed by atoms with E-state index in [2.05, 4.69) is 10.1 Å². The third kappa shape index (κ3) is 2.25. The molecule has 1 rings (SSSR count). The van der Waals surface area contributed by atoms with Gasteiger partial charge >= 0.3 is 12.0 Å². The fraction of sp³-hybridized carbons (Fsp3) is 0.375. The SMILES string of the molecule is CCOC(=O)C(OC)=C1NC(=O)NC1=O. The normalized spacial score (nSPS) is 18.0. The van der Waals surface area contributed by atoms with Crippen LogP contribution in [0.4, 0.5) is 4.79 Å². The number of carbonyl (C=O) groups excluding carboxylic acids is 3. The first-order valence-electron chi connectivity index (χ1n) is 4.17. The zero-order valence-electron chi connectivity index (χ0n) is 8.25. The molecule has 0 spiro atoms. The minimum atomic E-state index is -0.799. The number of amides is 3. The number of urea groups is 1. The average Bonchev–Trinajstić information content (AvgIpc) is 2.47. The predicted octanol–water partition coefficient (Wildman–Crippen LogP) is -0.753. The van der Waals surface area contributed by atoms with Gasteiger partial charge in [-0.25, -0.2) is 9.59 Å². The lowest BCUT2D eigenvalue weighted by molar-refractivity contribution is -0.142. The van der Waals surface area contributed by atoms with Crippen LogP contribution in [0.15, 0.2) is 11.5 Å². The Balaban J connectivity index is 2.98. The lowest BCUT2D eigenvalue weighted by Crippen LogP contribution is -2.22. The predicted molar refractivity (Wildman–Crippen MR) is 47.3 cm³/mol. The highest BCUT2D eigenvalue weighted by atomic mass is 16.6. The second-order valence-electron chi connectivity index (χ2n) is 2.54. The third-order valence-electron chi connectivity index (χ3n) is 1.58. The fourth-order valence-corrected chi connectivity index (χ4v) is 1.01. The van der Waals surface area contributed by atoms with Crippen molar-refractivity contribution in [1.29, 1.82) is 0 Å². The first-order valence-corrected chi connectivity index (χ1v) is 4.17. The molecule has 82 valence electrons. The van der Waals surface area contributed by atoms with E-state index in [9.17, 15) is 14.4 Å². The van der Waals surface area contributed by atoms with Gasteiger partial charge in [0.25, 0.3) is 5.91 Å². The van der Waals surface area contributed by atoms with Crippen molar-refractivity contribution in [1.82, 2.24) is 10.6 Å². The van der Waals surface area contributed by atoms with Crippen LogP contribution in [0.3, 0.4) is 0 Å². The molecule has 0 aromatic rings. The Hall–Kier alpha value is -2.05. The van der Waals surface area contributed by atoms with Crippen LogP contribution in [-0.2, 0) is 19.1 Å². The monoisotopic (exact) mass is 214 g/mol. The van der Waals surface area contributed by atoms with Crippen molar-refractivity contribution < 1.29 is 23.9 Å². The van der Waals surface area contributed by atoms with Gasteiger partial charge in [-0.3, -0.25) is 15.4 Å². The molecule has 0 aromatic carbocycles. The quantitative estimate of drug-likeness (QED) is 0.279. The summed E-state index contributed by atoms with van der Waals surface area (Å²) in [7, 11) is 1.21. The van der Waals surface area contributed by atoms with Gasteiger partial charge in [0, 0.05) is 0 Å². The van der Waals surface area contributed by atoms with Crippen LogP contribution in [0.2, 0.25) is 0 Å². The largest absolute Gasteiger partial charge is 0.488 e. The number of hydrogen-bond acceptors (Lipinski definition) is 5. The third-order valence-corrected chi connectivity index (χ3v) is 1.58. The van der Waals surface area contributed by atoms with E-state index >= 15 is 0 Å². The Morgan fingerprint density at radius 2 is 2.00 bits per heavy atom. The van der Waals surface area contributed by atoms with E-state index in [-0.39, 0.29) is 18.1 Å². The highest BCUT2D eigenvalue weighted by Gasteiger charge is 2.31. The average molecular weight is 214 g/mol. The molecule has 3 amide bonds. The van der Waals surface area contributed by atoms with Gasteiger partial charge in [-0.2, -0.15) is 0 Å². The number of hydrogen-bond donors (Lipinski definition) is 2. The number of methoxy groups -OCH3 is 1. The van der Waals surface area contributed by atoms with Crippen molar-refractivity contribution in [2.24, 2.45) is 0 Å². The van der Waals surface area contributed by atoms with E-state index in [1.807, 2.05) is 5.32 Å². The highest BCUT2D eigenvalue weighted by molar-refractivity contribution is 6.14. The molecule has 2 N–H and O–H groups in total. The molecule has 15 heavy (non-hydrogen) atoms. The van der Waals surface area contributed by atoms with Crippen LogP contribution in [-0.4, -0.2) is 31.6 Å². The lowest BCUT2D eigenvalue weighted by Gasteiger charge is -2.06. The lowest BCUT2D eigenvalue weighted by atomic mass is 10.3. The second kappa shape index (κ2) is 4.45. The van der Waals surface area contributed by atoms with Gasteiger partial charge in [0.05, 0.1) is 13.7 Å². The molecule has 7 nitrogen and oxygen atoms in total. The molecular weight excluding hydrogens is 204 g/mol. The first kappa shape index (κ1) is 11.0. The van der Waals surface area contributed by atoms with Crippen LogP contribution in [0.1, 0.15) is 6.92 Å². The van der Waals surface area contributed by atoms with Gasteiger partial charge < -0.3 is 9.47 Å². The number of ether oxygens (including phenoxy) is 2. The minimum Gasteiger partial charge on any atom is -0.488 e. The second-order valence-corrected chi connectivity index (χ2v) is 2.54. The molecule has 1 aliphatic rings. The van der Waals surface area contributed by atoms with Gasteiger partial charge in [0.1, 0.15) is 0 Å². The van der Waals surface area contributed by atoms with Gasteiger partial charge in [0.2, 0.25) is 5.76 Å². The van der Waals surface area contributed by atoms with Crippen molar-refractivity contribution >= 4 is 17.9 Å². The summed E-state index contributed by atoms with van der Waals surface area (Å²) in [5, 5.41) is 4.09. The van der Waals surface area contributed by atoms with E-state index < -0.39 is 17.9 Å². The summed E-state index contributed by atoms with van der Waals surface area (Å²) in [6.45, 7) is 1.76. The van der Waals surface area contributed by atoms with Crippen molar-refractivity contribution in [2.45, 2.75) is 6.92 Å². The highest BCUT2D eigenvalue weighted by Crippen LogP contribution is 2.09. The topological polar surface area (TPSA) is 93.7 Å². The number of nitrogens with one attached hydrogen (secondary N) is 2. The Kier molecular flexibility index (Phi) is 3.27. The molecule has 1 aliphatic heterocycles. The van der Waals surface area contributed by atoms with Crippen molar-refractivity contribution in [3.05, 3.63) is 11.5 Å². The van der Waals surface area contributed by atoms with Crippen LogP contribution in [0, 0.1) is 0 Å². The molecule has 0 bridgehead atoms. The molecule has 0 radical (unpaired) electrons. The van der Waals surface area contributed by atoms with E-state index in [0.717, 1.165) is 0 Å². The zero-order valence-corrected chi connectivity index (χ0v) is 8.25. The summed E-state index contributed by atoms with van der Waals surface area (Å²) >= 11 is 0. The standard InChI is InChI=1S/C8H10N2O5/c1-3-15-7(12)5(14-2)4-6(11)10-8(13)9-4/h3H2,1-2H3,(H2,9,10,11,13). The van der Waals surface area contributed by atoms with E-state index in [4.69, 9.17) is 4.74 Å². The van der Waals surface area contributed by atoms with Crippen LogP contribution in [0.25, 0.3) is 0 Å². The Labute approximate surface area is 85.4 Å². The van der Waals surface area contributed by atoms with Crippen molar-refractivity contribution in [3.63, 3.8) is 0 Å². The number of rotatable bonds is 3. The molecule has 7 heteroatoms. The fourth-order valence-electron chi connectivity index (χ4n) is 1.01. The van der Waals surface area contributed by atoms with E-state index in [1.165, 1.54) is 7.11 Å². The Bertz CT molecular complexity index is 347. The molecular formula is C8H10N2O5. The molecule has 0 unspecified atom stereocenters. The summed E-state index contributed by atoms with van der Waals surface area (Å²) in [5.74, 6) is -1.84. The van der Waals surface area contributed by atoms with Crippen LogP contribution < -0.4 is 10.6 Å². The Morgan fingerprint density at radius 1 is 1.33 bits per heavy atom. The van der Waals surface area contributed by atoms with Crippen LogP contribution >= 0.6 is 0 Å². The molecule has 1 saturated heterocycles. The maximum Gasteiger partial charge on any atom is 0.376 e. The molecule has 0 aliphatic carbocycles. The molecule has 0 atom stereocenters. The summed E-state index contributed by atoms with van der Waals surface area (Å²) < 4.78 is 9.33. The summed E-state index contributed by atoms with van der Waals surface area (Å²) in [4.78, 5) is 33.2. The minimum absolute atomic E-state index is 0.147. The summed E-state index contributed by atoms with van der Waals surface area (Å²) in [6.07, 6.45) is 0. The summed E-state index contributed by atoms with van der Waals surface area (Å²) in [6, 6.07) is -0.700. The molecule has 1 fully saturated rings. The van der Waals surface area contributed by atoms with Crippen LogP contribution in [0.5, 0.6) is 0 Å². The molecule has 0 saturated carbocycles. The summed E-state index contributed by atoms with van der Waals surface area (Å²) in [5.41, 5.74) is -0.235. The maximum atomic E-state index is 11.3. The smallest absolute Gasteiger partial charge is 0.376 e. The molecule has 0 aromatic heterocycles. The zero-order chi connectivity index (χ0) is 11.4. The van der Waals surface area contributed by atoms with Crippen molar-refractivity contribution in [2.75, 3.05) is 13.7 Å². The first-order chi connectivity index (χ1) is 7.10. The van der Waals surface area contributed by atoms with Gasteiger partial charge in [-0.15, -0.1) is 0 Å². The van der Waals surface area contributed by atoms with Gasteiger partial charge in [-0.1, -0.05) is 0 Å². The van der Waals surface area contributed by atoms with Gasteiger partial charge in [0.15, 0.2) is 5.70 Å². The number of imide groups is 1. The van der Waals surface area contributed by atoms with E-state index in [1.54, 1.807) is 6.92 Å². The molecule has 1 heterocycles. The maximum absolute atomic E-state index is 11.3.